The third kappa shape index (κ3) is 4.73. The van der Waals surface area contributed by atoms with Crippen molar-refractivity contribution in [3.63, 3.8) is 0 Å². The molecule has 1 amide bonds. The lowest BCUT2D eigenvalue weighted by Gasteiger charge is -2.13. The largest absolute Gasteiger partial charge is 0.380 e. The van der Waals surface area contributed by atoms with Gasteiger partial charge in [0.15, 0.2) is 0 Å². The lowest BCUT2D eigenvalue weighted by molar-refractivity contribution is 0.102. The van der Waals surface area contributed by atoms with E-state index in [-0.39, 0.29) is 5.91 Å². The van der Waals surface area contributed by atoms with Gasteiger partial charge in [0, 0.05) is 24.6 Å². The SMILES string of the molecule is Cc1cccc(CNc2cncc(C(=O)Nc3c(C)cc(C)cc3C)c2)c1. The van der Waals surface area contributed by atoms with Gasteiger partial charge in [-0.1, -0.05) is 47.5 Å². The normalized spacial score (nSPS) is 10.5. The summed E-state index contributed by atoms with van der Waals surface area (Å²) in [6, 6.07) is 14.3. The number of nitrogens with one attached hydrogen (secondary N) is 2. The van der Waals surface area contributed by atoms with E-state index in [1.165, 1.54) is 16.7 Å². The summed E-state index contributed by atoms with van der Waals surface area (Å²) in [5, 5.41) is 6.36. The van der Waals surface area contributed by atoms with Crippen molar-refractivity contribution in [2.45, 2.75) is 34.2 Å². The van der Waals surface area contributed by atoms with Crippen LogP contribution in [0.2, 0.25) is 0 Å². The van der Waals surface area contributed by atoms with E-state index in [1.54, 1.807) is 12.4 Å². The molecular formula is C23H25N3O. The summed E-state index contributed by atoms with van der Waals surface area (Å²) in [5.41, 5.74) is 7.94. The van der Waals surface area contributed by atoms with Crippen LogP contribution in [0.25, 0.3) is 0 Å². The van der Waals surface area contributed by atoms with Crippen LogP contribution in [-0.2, 0) is 6.54 Å². The molecule has 4 heteroatoms. The first-order valence-electron chi connectivity index (χ1n) is 9.06. The fraction of sp³-hybridized carbons (Fsp3) is 0.217. The molecule has 1 aromatic heterocycles. The summed E-state index contributed by atoms with van der Waals surface area (Å²) < 4.78 is 0. The van der Waals surface area contributed by atoms with Gasteiger partial charge < -0.3 is 10.6 Å². The van der Waals surface area contributed by atoms with E-state index in [9.17, 15) is 4.79 Å². The number of carbonyl (C=O) groups is 1. The van der Waals surface area contributed by atoms with E-state index >= 15 is 0 Å². The number of hydrogen-bond acceptors (Lipinski definition) is 3. The fourth-order valence-corrected chi connectivity index (χ4v) is 3.25. The van der Waals surface area contributed by atoms with Gasteiger partial charge in [-0.25, -0.2) is 0 Å². The van der Waals surface area contributed by atoms with Crippen LogP contribution in [-0.4, -0.2) is 10.9 Å². The molecule has 0 atom stereocenters. The van der Waals surface area contributed by atoms with Crippen molar-refractivity contribution in [2.24, 2.45) is 0 Å². The molecule has 2 aromatic carbocycles. The molecule has 138 valence electrons. The van der Waals surface area contributed by atoms with Gasteiger partial charge in [0.2, 0.25) is 0 Å². The van der Waals surface area contributed by atoms with Gasteiger partial charge in [0.1, 0.15) is 0 Å². The third-order valence-electron chi connectivity index (χ3n) is 4.50. The Labute approximate surface area is 160 Å². The smallest absolute Gasteiger partial charge is 0.257 e. The third-order valence-corrected chi connectivity index (χ3v) is 4.50. The van der Waals surface area contributed by atoms with E-state index < -0.39 is 0 Å². The first-order valence-corrected chi connectivity index (χ1v) is 9.06. The molecule has 0 aliphatic rings. The minimum absolute atomic E-state index is 0.156. The monoisotopic (exact) mass is 359 g/mol. The highest BCUT2D eigenvalue weighted by Gasteiger charge is 2.11. The molecule has 0 fully saturated rings. The zero-order valence-corrected chi connectivity index (χ0v) is 16.3. The number of hydrogen-bond donors (Lipinski definition) is 2. The van der Waals surface area contributed by atoms with Gasteiger partial charge in [0.25, 0.3) is 5.91 Å². The topological polar surface area (TPSA) is 54.0 Å². The Kier molecular flexibility index (Phi) is 5.55. The summed E-state index contributed by atoms with van der Waals surface area (Å²) in [5.74, 6) is -0.156. The first kappa shape index (κ1) is 18.6. The van der Waals surface area contributed by atoms with E-state index in [0.717, 1.165) is 22.5 Å². The molecule has 3 rings (SSSR count). The number of aromatic nitrogens is 1. The van der Waals surface area contributed by atoms with Gasteiger partial charge in [-0.15, -0.1) is 0 Å². The second kappa shape index (κ2) is 8.04. The summed E-state index contributed by atoms with van der Waals surface area (Å²) in [6.07, 6.45) is 3.32. The number of carbonyl (C=O) groups excluding carboxylic acids is 1. The second-order valence-electron chi connectivity index (χ2n) is 7.03. The average Bonchev–Trinajstić information content (AvgIpc) is 2.63. The standard InChI is InChI=1S/C23H25N3O/c1-15-6-5-7-19(10-15)12-25-21-11-20(13-24-14-21)23(27)26-22-17(3)8-16(2)9-18(22)4/h5-11,13-14,25H,12H2,1-4H3,(H,26,27). The number of benzene rings is 2. The van der Waals surface area contributed by atoms with Crippen LogP contribution in [0, 0.1) is 27.7 Å². The quantitative estimate of drug-likeness (QED) is 0.660. The average molecular weight is 359 g/mol. The van der Waals surface area contributed by atoms with Crippen molar-refractivity contribution < 1.29 is 4.79 Å². The lowest BCUT2D eigenvalue weighted by atomic mass is 10.0. The van der Waals surface area contributed by atoms with Gasteiger partial charge >= 0.3 is 0 Å². The molecule has 2 N–H and O–H groups in total. The molecule has 0 radical (unpaired) electrons. The highest BCUT2D eigenvalue weighted by Crippen LogP contribution is 2.23. The van der Waals surface area contributed by atoms with Gasteiger partial charge in [-0.2, -0.15) is 0 Å². The summed E-state index contributed by atoms with van der Waals surface area (Å²) in [6.45, 7) is 8.83. The maximum Gasteiger partial charge on any atom is 0.257 e. The molecule has 27 heavy (non-hydrogen) atoms. The number of rotatable bonds is 5. The summed E-state index contributed by atoms with van der Waals surface area (Å²) in [7, 11) is 0. The number of nitrogens with zero attached hydrogens (tertiary/aromatic N) is 1. The minimum Gasteiger partial charge on any atom is -0.380 e. The second-order valence-corrected chi connectivity index (χ2v) is 7.03. The van der Waals surface area contributed by atoms with Crippen LogP contribution in [0.3, 0.4) is 0 Å². The van der Waals surface area contributed by atoms with Crippen LogP contribution >= 0.6 is 0 Å². The predicted octanol–water partition coefficient (Wildman–Crippen LogP) is 5.18. The van der Waals surface area contributed by atoms with Crippen molar-refractivity contribution in [1.82, 2.24) is 4.98 Å². The Hall–Kier alpha value is -3.14. The van der Waals surface area contributed by atoms with Crippen LogP contribution in [0.15, 0.2) is 54.9 Å². The zero-order chi connectivity index (χ0) is 19.4. The van der Waals surface area contributed by atoms with E-state index in [2.05, 4.69) is 59.8 Å². The molecule has 1 heterocycles. The Morgan fingerprint density at radius 2 is 1.67 bits per heavy atom. The Morgan fingerprint density at radius 3 is 2.37 bits per heavy atom. The van der Waals surface area contributed by atoms with Crippen molar-refractivity contribution in [3.8, 4) is 0 Å². The van der Waals surface area contributed by atoms with Crippen molar-refractivity contribution >= 4 is 17.3 Å². The highest BCUT2D eigenvalue weighted by atomic mass is 16.1. The number of aryl methyl sites for hydroxylation is 4. The van der Waals surface area contributed by atoms with Gasteiger partial charge in [-0.3, -0.25) is 9.78 Å². The van der Waals surface area contributed by atoms with Gasteiger partial charge in [0.05, 0.1) is 11.3 Å². The number of amides is 1. The maximum atomic E-state index is 12.7. The molecule has 0 unspecified atom stereocenters. The van der Waals surface area contributed by atoms with Crippen LogP contribution in [0.4, 0.5) is 11.4 Å². The van der Waals surface area contributed by atoms with Crippen LogP contribution < -0.4 is 10.6 Å². The Morgan fingerprint density at radius 1 is 0.926 bits per heavy atom. The lowest BCUT2D eigenvalue weighted by Crippen LogP contribution is -2.14. The van der Waals surface area contributed by atoms with E-state index in [4.69, 9.17) is 0 Å². The Bertz CT molecular complexity index is 956. The predicted molar refractivity (Wildman–Crippen MR) is 111 cm³/mol. The fourth-order valence-electron chi connectivity index (χ4n) is 3.25. The number of pyridine rings is 1. The van der Waals surface area contributed by atoms with Crippen molar-refractivity contribution in [2.75, 3.05) is 10.6 Å². The van der Waals surface area contributed by atoms with Gasteiger partial charge in [-0.05, 0) is 50.5 Å². The molecule has 0 saturated carbocycles. The number of anilines is 2. The molecule has 0 aliphatic carbocycles. The van der Waals surface area contributed by atoms with E-state index in [1.807, 2.05) is 26.0 Å². The van der Waals surface area contributed by atoms with Crippen LogP contribution in [0.1, 0.15) is 38.2 Å². The molecule has 3 aromatic rings. The molecule has 0 spiro atoms. The highest BCUT2D eigenvalue weighted by molar-refractivity contribution is 6.05. The molecule has 0 saturated heterocycles. The van der Waals surface area contributed by atoms with Crippen molar-refractivity contribution in [3.05, 3.63) is 88.2 Å². The Balaban J connectivity index is 1.72. The van der Waals surface area contributed by atoms with E-state index in [0.29, 0.717) is 12.1 Å². The molecule has 4 nitrogen and oxygen atoms in total. The molecule has 0 aliphatic heterocycles. The zero-order valence-electron chi connectivity index (χ0n) is 16.3. The van der Waals surface area contributed by atoms with Crippen molar-refractivity contribution in [1.29, 1.82) is 0 Å². The molecule has 0 bridgehead atoms. The maximum absolute atomic E-state index is 12.7. The summed E-state index contributed by atoms with van der Waals surface area (Å²) >= 11 is 0. The first-order chi connectivity index (χ1) is 12.9. The molecular weight excluding hydrogens is 334 g/mol. The summed E-state index contributed by atoms with van der Waals surface area (Å²) in [4.78, 5) is 16.9. The van der Waals surface area contributed by atoms with Crippen LogP contribution in [0.5, 0.6) is 0 Å². The minimum atomic E-state index is -0.156.